The third-order valence-corrected chi connectivity index (χ3v) is 6.83. The van der Waals surface area contributed by atoms with Crippen molar-refractivity contribution >= 4 is 29.3 Å². The minimum atomic E-state index is -1.23. The van der Waals surface area contributed by atoms with Crippen LogP contribution >= 0.6 is 11.6 Å². The van der Waals surface area contributed by atoms with Crippen molar-refractivity contribution in [1.82, 2.24) is 9.80 Å². The SMILES string of the molecule is COCCN1C(=O)CC(CC(=O)N2CC3CCC2C3)(c2ccccc2Cl)C1=O. The van der Waals surface area contributed by atoms with E-state index >= 15 is 0 Å². The highest BCUT2D eigenvalue weighted by atomic mass is 35.5. The van der Waals surface area contributed by atoms with Gasteiger partial charge in [-0.3, -0.25) is 19.3 Å². The van der Waals surface area contributed by atoms with Crippen LogP contribution in [0.1, 0.15) is 37.7 Å². The Balaban J connectivity index is 1.67. The minimum absolute atomic E-state index is 0.0198. The summed E-state index contributed by atoms with van der Waals surface area (Å²) in [5.41, 5.74) is -0.671. The molecule has 6 nitrogen and oxygen atoms in total. The van der Waals surface area contributed by atoms with Crippen molar-refractivity contribution in [3.8, 4) is 0 Å². The standard InChI is InChI=1S/C21H25ClN2O4/c1-28-9-8-23-18(25)11-21(20(23)27,16-4-2-3-5-17(16)22)12-19(26)24-13-14-6-7-15(24)10-14/h2-5,14-15H,6-13H2,1H3. The summed E-state index contributed by atoms with van der Waals surface area (Å²) in [6.07, 6.45) is 3.20. The first-order valence-corrected chi connectivity index (χ1v) is 10.2. The summed E-state index contributed by atoms with van der Waals surface area (Å²) in [5.74, 6) is -0.107. The van der Waals surface area contributed by atoms with E-state index in [0.29, 0.717) is 16.5 Å². The van der Waals surface area contributed by atoms with Crippen molar-refractivity contribution in [3.63, 3.8) is 0 Å². The zero-order valence-corrected chi connectivity index (χ0v) is 16.8. The van der Waals surface area contributed by atoms with Crippen LogP contribution in [0.3, 0.4) is 0 Å². The molecule has 2 bridgehead atoms. The molecule has 3 aliphatic rings. The second-order valence-corrected chi connectivity index (χ2v) is 8.55. The fourth-order valence-electron chi connectivity index (χ4n) is 5.09. The van der Waals surface area contributed by atoms with E-state index in [9.17, 15) is 14.4 Å². The minimum Gasteiger partial charge on any atom is -0.383 e. The summed E-state index contributed by atoms with van der Waals surface area (Å²) < 4.78 is 5.05. The number of halogens is 1. The lowest BCUT2D eigenvalue weighted by molar-refractivity contribution is -0.143. The molecular weight excluding hydrogens is 380 g/mol. The van der Waals surface area contributed by atoms with Gasteiger partial charge in [0.2, 0.25) is 17.7 Å². The van der Waals surface area contributed by atoms with E-state index < -0.39 is 5.41 Å². The number of benzene rings is 1. The first-order chi connectivity index (χ1) is 13.5. The maximum Gasteiger partial charge on any atom is 0.241 e. The molecule has 7 heteroatoms. The lowest BCUT2D eigenvalue weighted by atomic mass is 9.75. The van der Waals surface area contributed by atoms with E-state index in [1.807, 2.05) is 4.90 Å². The first kappa shape index (κ1) is 19.4. The quantitative estimate of drug-likeness (QED) is 0.683. The zero-order valence-electron chi connectivity index (χ0n) is 16.0. The van der Waals surface area contributed by atoms with Gasteiger partial charge in [0.1, 0.15) is 0 Å². The fourth-order valence-corrected chi connectivity index (χ4v) is 5.41. The van der Waals surface area contributed by atoms with E-state index in [2.05, 4.69) is 0 Å². The number of ether oxygens (including phenoxy) is 1. The summed E-state index contributed by atoms with van der Waals surface area (Å²) in [4.78, 5) is 42.5. The van der Waals surface area contributed by atoms with Gasteiger partial charge in [0.05, 0.1) is 18.6 Å². The van der Waals surface area contributed by atoms with Crippen molar-refractivity contribution < 1.29 is 19.1 Å². The maximum absolute atomic E-state index is 13.4. The van der Waals surface area contributed by atoms with E-state index in [1.165, 1.54) is 18.4 Å². The van der Waals surface area contributed by atoms with Crippen molar-refractivity contribution in [2.24, 2.45) is 5.92 Å². The van der Waals surface area contributed by atoms with Gasteiger partial charge in [-0.1, -0.05) is 29.8 Å². The molecule has 3 fully saturated rings. The smallest absolute Gasteiger partial charge is 0.241 e. The van der Waals surface area contributed by atoms with E-state index in [1.54, 1.807) is 24.3 Å². The third-order valence-electron chi connectivity index (χ3n) is 6.50. The highest BCUT2D eigenvalue weighted by Crippen LogP contribution is 2.45. The van der Waals surface area contributed by atoms with Crippen LogP contribution in [-0.2, 0) is 24.5 Å². The third kappa shape index (κ3) is 3.12. The Hall–Kier alpha value is -1.92. The number of imide groups is 1. The van der Waals surface area contributed by atoms with Crippen molar-refractivity contribution in [1.29, 1.82) is 0 Å². The fraction of sp³-hybridized carbons (Fsp3) is 0.571. The van der Waals surface area contributed by atoms with Crippen LogP contribution < -0.4 is 0 Å². The molecule has 3 amide bonds. The number of fused-ring (bicyclic) bond motifs is 2. The Morgan fingerprint density at radius 3 is 2.71 bits per heavy atom. The number of amides is 3. The van der Waals surface area contributed by atoms with Crippen LogP contribution in [-0.4, -0.2) is 60.4 Å². The second-order valence-electron chi connectivity index (χ2n) is 8.14. The molecule has 2 heterocycles. The summed E-state index contributed by atoms with van der Waals surface area (Å²) in [7, 11) is 1.53. The molecule has 4 rings (SSSR count). The molecule has 0 N–H and O–H groups in total. The summed E-state index contributed by atoms with van der Waals surface area (Å²) in [6.45, 7) is 1.21. The Morgan fingerprint density at radius 1 is 1.29 bits per heavy atom. The van der Waals surface area contributed by atoms with Gasteiger partial charge >= 0.3 is 0 Å². The molecule has 1 aromatic carbocycles. The average molecular weight is 405 g/mol. The monoisotopic (exact) mass is 404 g/mol. The summed E-state index contributed by atoms with van der Waals surface area (Å²) >= 11 is 6.43. The van der Waals surface area contributed by atoms with Gasteiger partial charge in [-0.25, -0.2) is 0 Å². The van der Waals surface area contributed by atoms with Crippen molar-refractivity contribution in [3.05, 3.63) is 34.9 Å². The number of rotatable bonds is 6. The molecule has 0 spiro atoms. The second kappa shape index (κ2) is 7.48. The van der Waals surface area contributed by atoms with Gasteiger partial charge in [-0.05, 0) is 36.8 Å². The molecule has 1 aromatic rings. The number of carbonyl (C=O) groups excluding carboxylic acids is 3. The molecule has 2 aliphatic heterocycles. The number of likely N-dealkylation sites (tertiary alicyclic amines) is 2. The van der Waals surface area contributed by atoms with E-state index in [0.717, 1.165) is 19.4 Å². The molecule has 1 saturated carbocycles. The molecule has 3 unspecified atom stereocenters. The Bertz CT molecular complexity index is 813. The number of methoxy groups -OCH3 is 1. The van der Waals surface area contributed by atoms with Gasteiger partial charge in [-0.2, -0.15) is 0 Å². The molecule has 2 saturated heterocycles. The van der Waals surface area contributed by atoms with E-state index in [-0.39, 0.29) is 49.8 Å². The molecule has 3 atom stereocenters. The lowest BCUT2D eigenvalue weighted by Gasteiger charge is -2.33. The van der Waals surface area contributed by atoms with Gasteiger partial charge < -0.3 is 9.64 Å². The van der Waals surface area contributed by atoms with Crippen LogP contribution in [0.15, 0.2) is 24.3 Å². The van der Waals surface area contributed by atoms with Crippen molar-refractivity contribution in [2.75, 3.05) is 26.8 Å². The molecular formula is C21H25ClN2O4. The molecule has 0 radical (unpaired) electrons. The Kier molecular flexibility index (Phi) is 5.19. The molecule has 1 aliphatic carbocycles. The van der Waals surface area contributed by atoms with Gasteiger partial charge in [-0.15, -0.1) is 0 Å². The lowest BCUT2D eigenvalue weighted by Crippen LogP contribution is -2.46. The number of piperidine rings is 1. The highest BCUT2D eigenvalue weighted by molar-refractivity contribution is 6.32. The zero-order chi connectivity index (χ0) is 19.9. The van der Waals surface area contributed by atoms with Crippen molar-refractivity contribution in [2.45, 2.75) is 43.6 Å². The topological polar surface area (TPSA) is 66.9 Å². The molecule has 150 valence electrons. The van der Waals surface area contributed by atoms with Gasteiger partial charge in [0, 0.05) is 37.6 Å². The van der Waals surface area contributed by atoms with Gasteiger partial charge in [0.15, 0.2) is 0 Å². The normalized spacial score (nSPS) is 29.2. The van der Waals surface area contributed by atoms with Crippen LogP contribution in [0.5, 0.6) is 0 Å². The summed E-state index contributed by atoms with van der Waals surface area (Å²) in [5, 5.41) is 0.410. The predicted octanol–water partition coefficient (Wildman–Crippen LogP) is 2.38. The van der Waals surface area contributed by atoms with Crippen LogP contribution in [0.25, 0.3) is 0 Å². The predicted molar refractivity (Wildman–Crippen MR) is 104 cm³/mol. The number of carbonyl (C=O) groups is 3. The number of hydrogen-bond acceptors (Lipinski definition) is 4. The average Bonchev–Trinajstić information content (AvgIpc) is 3.36. The number of hydrogen-bond donors (Lipinski definition) is 0. The van der Waals surface area contributed by atoms with Crippen LogP contribution in [0, 0.1) is 5.92 Å². The highest BCUT2D eigenvalue weighted by Gasteiger charge is 2.55. The molecule has 0 aromatic heterocycles. The summed E-state index contributed by atoms with van der Waals surface area (Å²) in [6, 6.07) is 7.32. The van der Waals surface area contributed by atoms with Crippen LogP contribution in [0.4, 0.5) is 0 Å². The number of nitrogens with zero attached hydrogens (tertiary/aromatic N) is 2. The Morgan fingerprint density at radius 2 is 2.07 bits per heavy atom. The Labute approximate surface area is 169 Å². The maximum atomic E-state index is 13.4. The van der Waals surface area contributed by atoms with Crippen LogP contribution in [0.2, 0.25) is 5.02 Å². The first-order valence-electron chi connectivity index (χ1n) is 9.84. The van der Waals surface area contributed by atoms with Gasteiger partial charge in [0.25, 0.3) is 0 Å². The van der Waals surface area contributed by atoms with E-state index in [4.69, 9.17) is 16.3 Å². The molecule has 28 heavy (non-hydrogen) atoms. The largest absolute Gasteiger partial charge is 0.383 e.